The third-order valence-corrected chi connectivity index (χ3v) is 1.97. The van der Waals surface area contributed by atoms with Crippen molar-refractivity contribution in [2.75, 3.05) is 0 Å². The Labute approximate surface area is 106 Å². The van der Waals surface area contributed by atoms with Crippen LogP contribution in [0, 0.1) is 10.1 Å². The molecule has 9 heteroatoms. The SMILES string of the molecule is NC(=S)NN=Cc1cc(Cl)cc([N+](=O)[O-])c1O. The number of nitro benzene ring substituents is 1. The number of nitrogens with one attached hydrogen (secondary N) is 1. The lowest BCUT2D eigenvalue weighted by Crippen LogP contribution is -2.24. The number of hydrogen-bond acceptors (Lipinski definition) is 5. The number of benzene rings is 1. The molecular weight excluding hydrogens is 268 g/mol. The van der Waals surface area contributed by atoms with Gasteiger partial charge in [0.1, 0.15) is 0 Å². The molecule has 0 radical (unpaired) electrons. The molecule has 17 heavy (non-hydrogen) atoms. The molecule has 0 spiro atoms. The number of hydrogen-bond donors (Lipinski definition) is 3. The minimum atomic E-state index is -0.750. The van der Waals surface area contributed by atoms with Crippen molar-refractivity contribution in [2.24, 2.45) is 10.8 Å². The van der Waals surface area contributed by atoms with Crippen LogP contribution in [0.3, 0.4) is 0 Å². The lowest BCUT2D eigenvalue weighted by Gasteiger charge is -2.01. The van der Waals surface area contributed by atoms with E-state index in [-0.39, 0.29) is 15.7 Å². The van der Waals surface area contributed by atoms with Gasteiger partial charge in [-0.05, 0) is 18.3 Å². The number of nitrogens with zero attached hydrogens (tertiary/aromatic N) is 2. The second-order valence-corrected chi connectivity index (χ2v) is 3.73. The Morgan fingerprint density at radius 3 is 2.88 bits per heavy atom. The normalized spacial score (nSPS) is 10.4. The average Bonchev–Trinajstić information content (AvgIpc) is 2.21. The number of hydrazone groups is 1. The zero-order valence-corrected chi connectivity index (χ0v) is 9.83. The van der Waals surface area contributed by atoms with Gasteiger partial charge in [0.25, 0.3) is 0 Å². The van der Waals surface area contributed by atoms with Gasteiger partial charge < -0.3 is 10.8 Å². The molecule has 1 aromatic rings. The van der Waals surface area contributed by atoms with Crippen LogP contribution in [0.25, 0.3) is 0 Å². The summed E-state index contributed by atoms with van der Waals surface area (Å²) in [7, 11) is 0. The molecule has 0 saturated heterocycles. The molecule has 0 saturated carbocycles. The molecule has 1 aromatic carbocycles. The summed E-state index contributed by atoms with van der Waals surface area (Å²) in [4.78, 5) is 9.84. The Kier molecular flexibility index (Phi) is 4.18. The van der Waals surface area contributed by atoms with Crippen LogP contribution in [0.4, 0.5) is 5.69 Å². The van der Waals surface area contributed by atoms with Crippen LogP contribution in [0.1, 0.15) is 5.56 Å². The largest absolute Gasteiger partial charge is 0.502 e. The third-order valence-electron chi connectivity index (χ3n) is 1.66. The van der Waals surface area contributed by atoms with E-state index in [4.69, 9.17) is 17.3 Å². The summed E-state index contributed by atoms with van der Waals surface area (Å²) in [5.41, 5.74) is 6.93. The number of nitrogens with two attached hydrogens (primary N) is 1. The summed E-state index contributed by atoms with van der Waals surface area (Å²) < 4.78 is 0. The Morgan fingerprint density at radius 2 is 2.35 bits per heavy atom. The number of halogens is 1. The van der Waals surface area contributed by atoms with Gasteiger partial charge in [0, 0.05) is 16.7 Å². The summed E-state index contributed by atoms with van der Waals surface area (Å²) in [5.74, 6) is -0.534. The standard InChI is InChI=1S/C8H7ClN4O3S/c9-5-1-4(3-11-12-8(10)17)7(14)6(2-5)13(15)16/h1-3,14H,(H3,10,12,17). The predicted octanol–water partition coefficient (Wildman–Crippen LogP) is 1.12. The molecule has 0 heterocycles. The number of thiocarbonyl (C=S) groups is 1. The van der Waals surface area contributed by atoms with E-state index in [2.05, 4.69) is 22.7 Å². The van der Waals surface area contributed by atoms with Crippen molar-refractivity contribution in [1.82, 2.24) is 5.43 Å². The van der Waals surface area contributed by atoms with Gasteiger partial charge in [0.05, 0.1) is 11.1 Å². The molecule has 0 aliphatic carbocycles. The van der Waals surface area contributed by atoms with Crippen molar-refractivity contribution in [3.05, 3.63) is 32.8 Å². The van der Waals surface area contributed by atoms with Gasteiger partial charge in [0.2, 0.25) is 5.75 Å². The third kappa shape index (κ3) is 3.54. The van der Waals surface area contributed by atoms with Gasteiger partial charge >= 0.3 is 5.69 Å². The summed E-state index contributed by atoms with van der Waals surface area (Å²) in [5, 5.41) is 23.8. The van der Waals surface area contributed by atoms with Crippen LogP contribution in [-0.4, -0.2) is 21.4 Å². The van der Waals surface area contributed by atoms with Crippen LogP contribution < -0.4 is 11.2 Å². The van der Waals surface area contributed by atoms with Gasteiger partial charge in [-0.25, -0.2) is 0 Å². The first-order valence-electron chi connectivity index (χ1n) is 4.17. The molecule has 4 N–H and O–H groups in total. The maximum absolute atomic E-state index is 10.6. The Morgan fingerprint density at radius 1 is 1.71 bits per heavy atom. The van der Waals surface area contributed by atoms with E-state index >= 15 is 0 Å². The van der Waals surface area contributed by atoms with Crippen molar-refractivity contribution < 1.29 is 10.0 Å². The molecule has 0 aliphatic heterocycles. The minimum absolute atomic E-state index is 0.0720. The number of nitro groups is 1. The zero-order valence-electron chi connectivity index (χ0n) is 8.25. The van der Waals surface area contributed by atoms with E-state index in [1.807, 2.05) is 0 Å². The lowest BCUT2D eigenvalue weighted by atomic mass is 10.2. The van der Waals surface area contributed by atoms with Crippen LogP contribution in [0.2, 0.25) is 5.02 Å². The van der Waals surface area contributed by atoms with Gasteiger partial charge in [-0.1, -0.05) is 11.6 Å². The zero-order chi connectivity index (χ0) is 13.0. The fourth-order valence-corrected chi connectivity index (χ4v) is 1.28. The Hall–Kier alpha value is -1.93. The monoisotopic (exact) mass is 274 g/mol. The van der Waals surface area contributed by atoms with Crippen molar-refractivity contribution in [3.63, 3.8) is 0 Å². The van der Waals surface area contributed by atoms with E-state index in [1.54, 1.807) is 0 Å². The molecule has 0 aromatic heterocycles. The summed E-state index contributed by atoms with van der Waals surface area (Å²) >= 11 is 10.2. The van der Waals surface area contributed by atoms with Crippen LogP contribution in [0.5, 0.6) is 5.75 Å². The second kappa shape index (κ2) is 5.41. The number of aromatic hydroxyl groups is 1. The maximum atomic E-state index is 10.6. The molecule has 1 rings (SSSR count). The fraction of sp³-hybridized carbons (Fsp3) is 0. The van der Waals surface area contributed by atoms with E-state index in [0.29, 0.717) is 0 Å². The Balaban J connectivity index is 3.11. The first-order chi connectivity index (χ1) is 7.91. The van der Waals surface area contributed by atoms with Crippen LogP contribution in [-0.2, 0) is 0 Å². The number of phenolic OH excluding ortho intramolecular Hbond substituents is 1. The van der Waals surface area contributed by atoms with Gasteiger partial charge in [-0.2, -0.15) is 5.10 Å². The second-order valence-electron chi connectivity index (χ2n) is 2.85. The highest BCUT2D eigenvalue weighted by molar-refractivity contribution is 7.80. The van der Waals surface area contributed by atoms with E-state index in [9.17, 15) is 15.2 Å². The highest BCUT2D eigenvalue weighted by Gasteiger charge is 2.17. The maximum Gasteiger partial charge on any atom is 0.312 e. The molecule has 0 bridgehead atoms. The first kappa shape index (κ1) is 13.1. The van der Waals surface area contributed by atoms with Gasteiger partial charge in [0.15, 0.2) is 5.11 Å². The Bertz CT molecular complexity index is 506. The lowest BCUT2D eigenvalue weighted by molar-refractivity contribution is -0.385. The smallest absolute Gasteiger partial charge is 0.312 e. The fourth-order valence-electron chi connectivity index (χ4n) is 1.01. The number of phenols is 1. The van der Waals surface area contributed by atoms with Crippen molar-refractivity contribution >= 4 is 40.8 Å². The molecule has 7 nitrogen and oxygen atoms in total. The summed E-state index contributed by atoms with van der Waals surface area (Å²) in [6.07, 6.45) is 1.12. The minimum Gasteiger partial charge on any atom is -0.502 e. The molecule has 90 valence electrons. The molecule has 0 atom stereocenters. The topological polar surface area (TPSA) is 114 Å². The van der Waals surface area contributed by atoms with Crippen LogP contribution >= 0.6 is 23.8 Å². The first-order valence-corrected chi connectivity index (χ1v) is 4.96. The molecule has 0 amide bonds. The summed E-state index contributed by atoms with van der Waals surface area (Å²) in [6.45, 7) is 0. The van der Waals surface area contributed by atoms with Crippen molar-refractivity contribution in [3.8, 4) is 5.75 Å². The van der Waals surface area contributed by atoms with Gasteiger partial charge in [-0.15, -0.1) is 0 Å². The van der Waals surface area contributed by atoms with E-state index < -0.39 is 16.4 Å². The van der Waals surface area contributed by atoms with E-state index in [1.165, 1.54) is 6.07 Å². The molecule has 0 aliphatic rings. The number of rotatable bonds is 3. The molecule has 0 fully saturated rings. The van der Waals surface area contributed by atoms with Gasteiger partial charge in [-0.3, -0.25) is 15.5 Å². The quantitative estimate of drug-likeness (QED) is 0.329. The van der Waals surface area contributed by atoms with Crippen molar-refractivity contribution in [2.45, 2.75) is 0 Å². The average molecular weight is 275 g/mol. The molecular formula is C8H7ClN4O3S. The summed E-state index contributed by atoms with van der Waals surface area (Å²) in [6, 6.07) is 2.35. The van der Waals surface area contributed by atoms with Crippen molar-refractivity contribution in [1.29, 1.82) is 0 Å². The highest BCUT2D eigenvalue weighted by Crippen LogP contribution is 2.32. The van der Waals surface area contributed by atoms with E-state index in [0.717, 1.165) is 12.3 Å². The predicted molar refractivity (Wildman–Crippen MR) is 67.3 cm³/mol. The van der Waals surface area contributed by atoms with Crippen LogP contribution in [0.15, 0.2) is 17.2 Å². The molecule has 0 unspecified atom stereocenters. The highest BCUT2D eigenvalue weighted by atomic mass is 35.5.